The summed E-state index contributed by atoms with van der Waals surface area (Å²) in [7, 11) is 4.37. The van der Waals surface area contributed by atoms with Crippen molar-refractivity contribution in [2.75, 3.05) is 32.1 Å². The van der Waals surface area contributed by atoms with Crippen LogP contribution in [0.1, 0.15) is 52.0 Å². The third-order valence-corrected chi connectivity index (χ3v) is 8.44. The molecule has 1 aliphatic carbocycles. The second-order valence-corrected chi connectivity index (χ2v) is 11.3. The summed E-state index contributed by atoms with van der Waals surface area (Å²) in [5.41, 5.74) is 9.21. The summed E-state index contributed by atoms with van der Waals surface area (Å²) in [5, 5.41) is 4.00. The van der Waals surface area contributed by atoms with Crippen molar-refractivity contribution in [1.82, 2.24) is 15.2 Å². The van der Waals surface area contributed by atoms with E-state index in [1.807, 2.05) is 37.3 Å². The van der Waals surface area contributed by atoms with Crippen LogP contribution in [0.2, 0.25) is 5.02 Å². The smallest absolute Gasteiger partial charge is 0.270 e. The summed E-state index contributed by atoms with van der Waals surface area (Å²) >= 11 is 6.10. The van der Waals surface area contributed by atoms with E-state index in [-0.39, 0.29) is 11.9 Å². The first-order chi connectivity index (χ1) is 17.8. The van der Waals surface area contributed by atoms with Crippen LogP contribution in [0.25, 0.3) is 11.1 Å². The van der Waals surface area contributed by atoms with Crippen LogP contribution < -0.4 is 10.2 Å². The van der Waals surface area contributed by atoms with Gasteiger partial charge in [-0.3, -0.25) is 9.78 Å². The number of aryl methyl sites for hydroxylation is 2. The average molecular weight is 517 g/mol. The SMILES string of the molecule is Cc1cc(Cl)ccc1-c1ccc(C(=O)N[C@H]2CCc3c(C)ccc(N4CCC(N(C)C)CC4)c3C2)nc1. The molecule has 0 saturated carbocycles. The number of nitrogens with zero attached hydrogens (tertiary/aromatic N) is 3. The molecule has 5 rings (SSSR count). The van der Waals surface area contributed by atoms with Crippen LogP contribution in [0.4, 0.5) is 5.69 Å². The lowest BCUT2D eigenvalue weighted by molar-refractivity contribution is 0.0928. The number of nitrogens with one attached hydrogen (secondary N) is 1. The van der Waals surface area contributed by atoms with Crippen LogP contribution in [0.5, 0.6) is 0 Å². The highest BCUT2D eigenvalue weighted by atomic mass is 35.5. The first kappa shape index (κ1) is 25.7. The third-order valence-electron chi connectivity index (χ3n) is 8.20. The number of halogens is 1. The number of rotatable bonds is 5. The molecule has 2 aliphatic rings. The van der Waals surface area contributed by atoms with Crippen LogP contribution >= 0.6 is 11.6 Å². The number of carbonyl (C=O) groups excluding carboxylic acids is 1. The zero-order valence-electron chi connectivity index (χ0n) is 22.4. The van der Waals surface area contributed by atoms with Gasteiger partial charge in [0.05, 0.1) is 0 Å². The van der Waals surface area contributed by atoms with Crippen LogP contribution in [0, 0.1) is 13.8 Å². The van der Waals surface area contributed by atoms with Gasteiger partial charge in [-0.1, -0.05) is 29.8 Å². The highest BCUT2D eigenvalue weighted by Crippen LogP contribution is 2.35. The molecule has 0 spiro atoms. The Morgan fingerprint density at radius 1 is 1.00 bits per heavy atom. The molecule has 194 valence electrons. The van der Waals surface area contributed by atoms with E-state index in [2.05, 4.69) is 53.3 Å². The standard InChI is InChI=1S/C31H37ClN4O/c1-20-5-12-30(36-15-13-25(14-16-36)35(3)4)28-18-24(8-10-27(20)28)34-31(37)29-11-6-22(19-33-29)26-9-7-23(32)17-21(26)2/h5-7,9,11-12,17,19,24-25H,8,10,13-16,18H2,1-4H3,(H,34,37)/t24-/m0/s1. The van der Waals surface area contributed by atoms with Gasteiger partial charge in [0.15, 0.2) is 0 Å². The van der Waals surface area contributed by atoms with E-state index in [9.17, 15) is 4.79 Å². The number of pyridine rings is 1. The Hall–Kier alpha value is -2.89. The van der Waals surface area contributed by atoms with Gasteiger partial charge in [-0.15, -0.1) is 0 Å². The molecular weight excluding hydrogens is 480 g/mol. The molecule has 3 aromatic rings. The minimum absolute atomic E-state index is 0.103. The highest BCUT2D eigenvalue weighted by Gasteiger charge is 2.28. The zero-order chi connectivity index (χ0) is 26.1. The van der Waals surface area contributed by atoms with E-state index in [0.29, 0.717) is 11.7 Å². The van der Waals surface area contributed by atoms with E-state index in [0.717, 1.165) is 54.1 Å². The Morgan fingerprint density at radius 3 is 2.46 bits per heavy atom. The van der Waals surface area contributed by atoms with Gasteiger partial charge in [-0.05, 0) is 112 Å². The molecule has 0 bridgehead atoms. The molecule has 1 aliphatic heterocycles. The second kappa shape index (κ2) is 10.8. The zero-order valence-corrected chi connectivity index (χ0v) is 23.1. The van der Waals surface area contributed by atoms with Crippen molar-refractivity contribution < 1.29 is 4.79 Å². The van der Waals surface area contributed by atoms with Crippen LogP contribution in [0.3, 0.4) is 0 Å². The molecule has 2 heterocycles. The van der Waals surface area contributed by atoms with Crippen LogP contribution in [0.15, 0.2) is 48.7 Å². The van der Waals surface area contributed by atoms with Gasteiger partial charge in [0.2, 0.25) is 0 Å². The molecule has 1 amide bonds. The van der Waals surface area contributed by atoms with Crippen molar-refractivity contribution in [3.8, 4) is 11.1 Å². The van der Waals surface area contributed by atoms with E-state index in [1.165, 1.54) is 35.2 Å². The summed E-state index contributed by atoms with van der Waals surface area (Å²) in [4.78, 5) is 22.5. The van der Waals surface area contributed by atoms with E-state index < -0.39 is 0 Å². The number of carbonyl (C=O) groups is 1. The molecule has 0 radical (unpaired) electrons. The van der Waals surface area contributed by atoms with Gasteiger partial charge >= 0.3 is 0 Å². The summed E-state index contributed by atoms with van der Waals surface area (Å²) in [5.74, 6) is -0.103. The summed E-state index contributed by atoms with van der Waals surface area (Å²) in [6, 6.07) is 15.0. The lowest BCUT2D eigenvalue weighted by atomic mass is 9.84. The lowest BCUT2D eigenvalue weighted by Crippen LogP contribution is -2.43. The summed E-state index contributed by atoms with van der Waals surface area (Å²) < 4.78 is 0. The first-order valence-electron chi connectivity index (χ1n) is 13.4. The van der Waals surface area contributed by atoms with Crippen molar-refractivity contribution in [3.63, 3.8) is 0 Å². The molecule has 1 saturated heterocycles. The number of hydrogen-bond acceptors (Lipinski definition) is 4. The largest absolute Gasteiger partial charge is 0.371 e. The quantitative estimate of drug-likeness (QED) is 0.463. The van der Waals surface area contributed by atoms with Gasteiger partial charge in [0.1, 0.15) is 5.69 Å². The predicted molar refractivity (Wildman–Crippen MR) is 153 cm³/mol. The maximum absolute atomic E-state index is 13.1. The monoisotopic (exact) mass is 516 g/mol. The maximum atomic E-state index is 13.1. The number of aromatic nitrogens is 1. The van der Waals surface area contributed by atoms with Crippen molar-refractivity contribution >= 4 is 23.2 Å². The number of benzene rings is 2. The van der Waals surface area contributed by atoms with Crippen LogP contribution in [-0.2, 0) is 12.8 Å². The normalized spacial score (nSPS) is 18.1. The van der Waals surface area contributed by atoms with Gasteiger partial charge < -0.3 is 15.1 Å². The van der Waals surface area contributed by atoms with E-state index in [1.54, 1.807) is 6.20 Å². The van der Waals surface area contributed by atoms with Gasteiger partial charge in [0, 0.05) is 47.6 Å². The van der Waals surface area contributed by atoms with Crippen molar-refractivity contribution in [1.29, 1.82) is 0 Å². The fraction of sp³-hybridized carbons (Fsp3) is 0.419. The van der Waals surface area contributed by atoms with Crippen molar-refractivity contribution in [3.05, 3.63) is 81.6 Å². The van der Waals surface area contributed by atoms with E-state index in [4.69, 9.17) is 11.6 Å². The fourth-order valence-corrected chi connectivity index (χ4v) is 6.21. The molecular formula is C31H37ClN4O. The molecule has 1 fully saturated rings. The Morgan fingerprint density at radius 2 is 1.78 bits per heavy atom. The Bertz CT molecular complexity index is 1280. The molecule has 37 heavy (non-hydrogen) atoms. The van der Waals surface area contributed by atoms with Crippen molar-refractivity contribution in [2.24, 2.45) is 0 Å². The molecule has 1 atom stereocenters. The highest BCUT2D eigenvalue weighted by molar-refractivity contribution is 6.30. The summed E-state index contributed by atoms with van der Waals surface area (Å²) in [6.45, 7) is 6.41. The maximum Gasteiger partial charge on any atom is 0.270 e. The third kappa shape index (κ3) is 5.53. The number of piperidine rings is 1. The first-order valence-corrected chi connectivity index (χ1v) is 13.7. The number of fused-ring (bicyclic) bond motifs is 1. The minimum atomic E-state index is -0.103. The topological polar surface area (TPSA) is 48.5 Å². The van der Waals surface area contributed by atoms with Gasteiger partial charge in [-0.25, -0.2) is 0 Å². The number of amides is 1. The Labute approximate surface area is 225 Å². The Kier molecular flexibility index (Phi) is 7.55. The lowest BCUT2D eigenvalue weighted by Gasteiger charge is -2.39. The number of hydrogen-bond donors (Lipinski definition) is 1. The second-order valence-electron chi connectivity index (χ2n) is 10.8. The average Bonchev–Trinajstić information content (AvgIpc) is 2.89. The van der Waals surface area contributed by atoms with E-state index >= 15 is 0 Å². The van der Waals surface area contributed by atoms with Gasteiger partial charge in [-0.2, -0.15) is 0 Å². The fourth-order valence-electron chi connectivity index (χ4n) is 5.98. The van der Waals surface area contributed by atoms with Crippen LogP contribution in [-0.4, -0.2) is 55.1 Å². The molecule has 1 aromatic heterocycles. The Balaban J connectivity index is 1.28. The van der Waals surface area contributed by atoms with Crippen molar-refractivity contribution in [2.45, 2.75) is 58.0 Å². The molecule has 2 aromatic carbocycles. The molecule has 1 N–H and O–H groups in total. The molecule has 0 unspecified atom stereocenters. The molecule has 5 nitrogen and oxygen atoms in total. The molecule has 6 heteroatoms. The minimum Gasteiger partial charge on any atom is -0.371 e. The number of anilines is 1. The van der Waals surface area contributed by atoms with Gasteiger partial charge in [0.25, 0.3) is 5.91 Å². The summed E-state index contributed by atoms with van der Waals surface area (Å²) in [6.07, 6.45) is 6.97. The predicted octanol–water partition coefficient (Wildman–Crippen LogP) is 5.84.